The van der Waals surface area contributed by atoms with Crippen molar-refractivity contribution in [2.24, 2.45) is 5.92 Å². The zero-order valence-electron chi connectivity index (χ0n) is 15.3. The van der Waals surface area contributed by atoms with Gasteiger partial charge in [-0.1, -0.05) is 19.9 Å². The summed E-state index contributed by atoms with van der Waals surface area (Å²) < 4.78 is 0. The first-order chi connectivity index (χ1) is 12.0. The van der Waals surface area contributed by atoms with E-state index >= 15 is 0 Å². The number of carbonyl (C=O) groups is 2. The van der Waals surface area contributed by atoms with Crippen molar-refractivity contribution in [1.29, 1.82) is 0 Å². The Labute approximate surface area is 150 Å². The van der Waals surface area contributed by atoms with Crippen molar-refractivity contribution in [1.82, 2.24) is 15.2 Å². The molecule has 1 aromatic heterocycles. The van der Waals surface area contributed by atoms with Gasteiger partial charge in [-0.3, -0.25) is 14.6 Å². The molecule has 2 fully saturated rings. The molecule has 0 atom stereocenters. The van der Waals surface area contributed by atoms with Gasteiger partial charge in [0.1, 0.15) is 0 Å². The lowest BCUT2D eigenvalue weighted by molar-refractivity contribution is -0.133. The van der Waals surface area contributed by atoms with Crippen molar-refractivity contribution in [3.05, 3.63) is 30.1 Å². The van der Waals surface area contributed by atoms with Crippen molar-refractivity contribution in [2.45, 2.75) is 70.4 Å². The molecule has 25 heavy (non-hydrogen) atoms. The Bertz CT molecular complexity index is 607. The van der Waals surface area contributed by atoms with Crippen LogP contribution in [0.4, 0.5) is 0 Å². The quantitative estimate of drug-likeness (QED) is 0.894. The summed E-state index contributed by atoms with van der Waals surface area (Å²) in [6.07, 6.45) is 7.62. The van der Waals surface area contributed by atoms with E-state index in [-0.39, 0.29) is 17.5 Å². The summed E-state index contributed by atoms with van der Waals surface area (Å²) in [7, 11) is 0. The topological polar surface area (TPSA) is 62.3 Å². The lowest BCUT2D eigenvalue weighted by atomic mass is 9.77. The molecule has 5 heteroatoms. The highest BCUT2D eigenvalue weighted by atomic mass is 16.2. The Kier molecular flexibility index (Phi) is 5.40. The summed E-state index contributed by atoms with van der Waals surface area (Å²) in [6, 6.07) is 5.86. The summed E-state index contributed by atoms with van der Waals surface area (Å²) in [6.45, 7) is 5.20. The summed E-state index contributed by atoms with van der Waals surface area (Å²) in [4.78, 5) is 30.9. The van der Waals surface area contributed by atoms with Crippen LogP contribution >= 0.6 is 0 Å². The number of amides is 2. The SMILES string of the molecule is CC(C)CN1C(=O)CCC12CCC(NC(=O)Cc1ccccn1)CC2. The zero-order valence-corrected chi connectivity index (χ0v) is 15.3. The fraction of sp³-hybridized carbons (Fsp3) is 0.650. The molecule has 1 spiro atoms. The molecule has 1 aliphatic heterocycles. The van der Waals surface area contributed by atoms with Gasteiger partial charge in [-0.05, 0) is 50.2 Å². The van der Waals surface area contributed by atoms with Crippen LogP contribution in [0.1, 0.15) is 58.1 Å². The first-order valence-corrected chi connectivity index (χ1v) is 9.48. The Balaban J connectivity index is 1.53. The second kappa shape index (κ2) is 7.54. The maximum atomic E-state index is 12.3. The number of nitrogens with one attached hydrogen (secondary N) is 1. The standard InChI is InChI=1S/C20H29N3O2/c1-15(2)14-23-19(25)8-11-20(23)9-6-16(7-10-20)22-18(24)13-17-5-3-4-12-21-17/h3-5,12,15-16H,6-11,13-14H2,1-2H3,(H,22,24). The molecule has 0 bridgehead atoms. The Morgan fingerprint density at radius 3 is 2.72 bits per heavy atom. The number of carbonyl (C=O) groups excluding carboxylic acids is 2. The van der Waals surface area contributed by atoms with Crippen LogP contribution in [0.5, 0.6) is 0 Å². The molecule has 1 N–H and O–H groups in total. The van der Waals surface area contributed by atoms with Crippen LogP contribution in [-0.2, 0) is 16.0 Å². The highest BCUT2D eigenvalue weighted by Crippen LogP contribution is 2.42. The number of likely N-dealkylation sites (tertiary alicyclic amines) is 1. The van der Waals surface area contributed by atoms with Gasteiger partial charge in [-0.25, -0.2) is 0 Å². The summed E-state index contributed by atoms with van der Waals surface area (Å²) in [5.74, 6) is 0.849. The monoisotopic (exact) mass is 343 g/mol. The third kappa shape index (κ3) is 4.20. The number of rotatable bonds is 5. The van der Waals surface area contributed by atoms with E-state index in [0.717, 1.165) is 44.3 Å². The lowest BCUT2D eigenvalue weighted by Gasteiger charge is -2.44. The van der Waals surface area contributed by atoms with E-state index in [9.17, 15) is 9.59 Å². The van der Waals surface area contributed by atoms with Gasteiger partial charge >= 0.3 is 0 Å². The third-order valence-electron chi connectivity index (χ3n) is 5.57. The van der Waals surface area contributed by atoms with Gasteiger partial charge in [-0.2, -0.15) is 0 Å². The van der Waals surface area contributed by atoms with E-state index in [1.807, 2.05) is 18.2 Å². The summed E-state index contributed by atoms with van der Waals surface area (Å²) >= 11 is 0. The minimum absolute atomic E-state index is 0.0428. The van der Waals surface area contributed by atoms with E-state index in [0.29, 0.717) is 24.7 Å². The molecule has 2 heterocycles. The Morgan fingerprint density at radius 1 is 1.32 bits per heavy atom. The van der Waals surface area contributed by atoms with E-state index in [1.54, 1.807) is 6.20 Å². The van der Waals surface area contributed by atoms with Crippen molar-refractivity contribution in [3.63, 3.8) is 0 Å². The summed E-state index contributed by atoms with van der Waals surface area (Å²) in [5, 5.41) is 3.16. The van der Waals surface area contributed by atoms with Crippen LogP contribution in [0, 0.1) is 5.92 Å². The van der Waals surface area contributed by atoms with Gasteiger partial charge in [-0.15, -0.1) is 0 Å². The summed E-state index contributed by atoms with van der Waals surface area (Å²) in [5.41, 5.74) is 0.848. The molecular formula is C20H29N3O2. The second-order valence-electron chi connectivity index (χ2n) is 7.96. The molecule has 0 unspecified atom stereocenters. The number of nitrogens with zero attached hydrogens (tertiary/aromatic N) is 2. The molecule has 1 aliphatic carbocycles. The molecule has 2 amide bonds. The Hall–Kier alpha value is -1.91. The molecule has 5 nitrogen and oxygen atoms in total. The first-order valence-electron chi connectivity index (χ1n) is 9.48. The van der Waals surface area contributed by atoms with E-state index in [2.05, 4.69) is 29.0 Å². The van der Waals surface area contributed by atoms with Crippen LogP contribution in [0.3, 0.4) is 0 Å². The van der Waals surface area contributed by atoms with Crippen LogP contribution in [0.2, 0.25) is 0 Å². The van der Waals surface area contributed by atoms with Gasteiger partial charge in [0.05, 0.1) is 6.42 Å². The molecule has 3 rings (SSSR count). The fourth-order valence-corrected chi connectivity index (χ4v) is 4.30. The largest absolute Gasteiger partial charge is 0.353 e. The molecule has 136 valence electrons. The van der Waals surface area contributed by atoms with Gasteiger partial charge in [0, 0.05) is 36.4 Å². The number of hydrogen-bond acceptors (Lipinski definition) is 3. The predicted molar refractivity (Wildman–Crippen MR) is 96.9 cm³/mol. The normalized spacial score (nSPS) is 26.4. The van der Waals surface area contributed by atoms with Gasteiger partial charge < -0.3 is 10.2 Å². The van der Waals surface area contributed by atoms with Crippen molar-refractivity contribution in [3.8, 4) is 0 Å². The molecular weight excluding hydrogens is 314 g/mol. The van der Waals surface area contributed by atoms with E-state index < -0.39 is 0 Å². The van der Waals surface area contributed by atoms with Crippen molar-refractivity contribution < 1.29 is 9.59 Å². The average Bonchev–Trinajstić information content (AvgIpc) is 2.87. The first kappa shape index (κ1) is 17.9. The number of pyridine rings is 1. The van der Waals surface area contributed by atoms with E-state index in [4.69, 9.17) is 0 Å². The van der Waals surface area contributed by atoms with Crippen LogP contribution in [0.25, 0.3) is 0 Å². The van der Waals surface area contributed by atoms with Gasteiger partial charge in [0.2, 0.25) is 11.8 Å². The minimum Gasteiger partial charge on any atom is -0.353 e. The number of hydrogen-bond donors (Lipinski definition) is 1. The van der Waals surface area contributed by atoms with E-state index in [1.165, 1.54) is 0 Å². The highest BCUT2D eigenvalue weighted by molar-refractivity contribution is 5.80. The van der Waals surface area contributed by atoms with Gasteiger partial charge in [0.15, 0.2) is 0 Å². The molecule has 0 radical (unpaired) electrons. The van der Waals surface area contributed by atoms with Crippen molar-refractivity contribution in [2.75, 3.05) is 6.54 Å². The molecule has 1 saturated heterocycles. The lowest BCUT2D eigenvalue weighted by Crippen LogP contribution is -2.52. The van der Waals surface area contributed by atoms with Crippen LogP contribution in [0.15, 0.2) is 24.4 Å². The molecule has 2 aliphatic rings. The Morgan fingerprint density at radius 2 is 2.08 bits per heavy atom. The van der Waals surface area contributed by atoms with Crippen LogP contribution in [-0.4, -0.2) is 39.8 Å². The molecule has 1 aromatic rings. The predicted octanol–water partition coefficient (Wildman–Crippen LogP) is 2.70. The maximum Gasteiger partial charge on any atom is 0.226 e. The maximum absolute atomic E-state index is 12.3. The third-order valence-corrected chi connectivity index (χ3v) is 5.57. The van der Waals surface area contributed by atoms with Crippen molar-refractivity contribution >= 4 is 11.8 Å². The smallest absolute Gasteiger partial charge is 0.226 e. The van der Waals surface area contributed by atoms with Gasteiger partial charge in [0.25, 0.3) is 0 Å². The van der Waals surface area contributed by atoms with Crippen LogP contribution < -0.4 is 5.32 Å². The highest BCUT2D eigenvalue weighted by Gasteiger charge is 2.47. The minimum atomic E-state index is 0.0428. The molecule has 0 aromatic carbocycles. The second-order valence-corrected chi connectivity index (χ2v) is 7.96. The average molecular weight is 343 g/mol. The fourth-order valence-electron chi connectivity index (χ4n) is 4.30. The number of aromatic nitrogens is 1. The molecule has 1 saturated carbocycles. The zero-order chi connectivity index (χ0) is 17.9.